The second kappa shape index (κ2) is 6.42. The number of hydrogen-bond donors (Lipinski definition) is 1. The largest absolute Gasteiger partial charge is 0.468 e. The van der Waals surface area contributed by atoms with Crippen molar-refractivity contribution in [1.29, 1.82) is 0 Å². The van der Waals surface area contributed by atoms with Gasteiger partial charge in [0.05, 0.1) is 13.8 Å². The number of methoxy groups -OCH3 is 1. The zero-order chi connectivity index (χ0) is 8.69. The quantitative estimate of drug-likeness (QED) is 0.486. The van der Waals surface area contributed by atoms with Crippen LogP contribution in [0.5, 0.6) is 0 Å². The van der Waals surface area contributed by atoms with Gasteiger partial charge in [-0.15, -0.1) is 0 Å². The molecule has 3 nitrogen and oxygen atoms in total. The van der Waals surface area contributed by atoms with E-state index in [1.807, 2.05) is 0 Å². The molecule has 0 aliphatic heterocycles. The molecule has 0 saturated carbocycles. The number of nitrogens with two attached hydrogens (primary N) is 1. The van der Waals surface area contributed by atoms with E-state index >= 15 is 0 Å². The number of carbonyl (C=O) groups excluding carboxylic acids is 1. The Balaban J connectivity index is 3.36. The molecule has 0 fully saturated rings. The molecule has 0 aliphatic carbocycles. The average Bonchev–Trinajstić information content (AvgIpc) is 2.03. The summed E-state index contributed by atoms with van der Waals surface area (Å²) >= 11 is 1.30. The monoisotopic (exact) mass is 181 g/mol. The first-order valence-electron chi connectivity index (χ1n) is 3.19. The Kier molecular flexibility index (Phi) is 6.25. The van der Waals surface area contributed by atoms with E-state index in [1.165, 1.54) is 18.9 Å². The molecule has 0 bridgehead atoms. The molecule has 5 heteroatoms. The highest BCUT2D eigenvalue weighted by molar-refractivity contribution is 7.99. The Bertz CT molecular complexity index is 123. The van der Waals surface area contributed by atoms with Crippen molar-refractivity contribution in [3.05, 3.63) is 0 Å². The van der Waals surface area contributed by atoms with E-state index in [9.17, 15) is 9.18 Å². The average molecular weight is 181 g/mol. The van der Waals surface area contributed by atoms with Crippen LogP contribution in [0.4, 0.5) is 4.39 Å². The number of alkyl halides is 1. The molecule has 1 unspecified atom stereocenters. The lowest BCUT2D eigenvalue weighted by molar-refractivity contribution is -0.141. The molecule has 11 heavy (non-hydrogen) atoms. The number of ether oxygens (including phenoxy) is 1. The number of esters is 1. The highest BCUT2D eigenvalue weighted by Gasteiger charge is 2.12. The van der Waals surface area contributed by atoms with Crippen molar-refractivity contribution >= 4 is 17.7 Å². The fourth-order valence-corrected chi connectivity index (χ4v) is 1.15. The maximum Gasteiger partial charge on any atom is 0.323 e. The van der Waals surface area contributed by atoms with Crippen molar-refractivity contribution in [2.45, 2.75) is 6.04 Å². The summed E-state index contributed by atoms with van der Waals surface area (Å²) in [6, 6.07) is -0.628. The van der Waals surface area contributed by atoms with Crippen LogP contribution in [-0.2, 0) is 9.53 Å². The molecule has 0 rings (SSSR count). The van der Waals surface area contributed by atoms with Crippen molar-refractivity contribution in [2.24, 2.45) is 5.73 Å². The van der Waals surface area contributed by atoms with E-state index < -0.39 is 18.7 Å². The van der Waals surface area contributed by atoms with Crippen LogP contribution in [0.1, 0.15) is 0 Å². The van der Waals surface area contributed by atoms with Crippen LogP contribution in [0.15, 0.2) is 0 Å². The molecule has 0 aromatic rings. The second-order valence-corrected chi connectivity index (χ2v) is 3.04. The molecule has 0 spiro atoms. The van der Waals surface area contributed by atoms with Gasteiger partial charge in [0.15, 0.2) is 0 Å². The Morgan fingerprint density at radius 1 is 1.82 bits per heavy atom. The summed E-state index contributed by atoms with van der Waals surface area (Å²) in [5, 5.41) is 0. The molecule has 0 saturated heterocycles. The van der Waals surface area contributed by atoms with Crippen LogP contribution in [0.2, 0.25) is 0 Å². The summed E-state index contributed by atoms with van der Waals surface area (Å²) in [5.74, 6) is 0.345. The van der Waals surface area contributed by atoms with Crippen LogP contribution < -0.4 is 5.73 Å². The van der Waals surface area contributed by atoms with Gasteiger partial charge < -0.3 is 10.5 Å². The fourth-order valence-electron chi connectivity index (χ4n) is 0.484. The molecular weight excluding hydrogens is 169 g/mol. The van der Waals surface area contributed by atoms with Crippen molar-refractivity contribution in [3.63, 3.8) is 0 Å². The van der Waals surface area contributed by atoms with Gasteiger partial charge >= 0.3 is 5.97 Å². The molecule has 0 aromatic heterocycles. The molecule has 0 aliphatic rings. The number of carbonyl (C=O) groups is 1. The minimum Gasteiger partial charge on any atom is -0.468 e. The minimum atomic E-state index is -0.628. The molecule has 0 radical (unpaired) electrons. The van der Waals surface area contributed by atoms with Crippen LogP contribution in [0.3, 0.4) is 0 Å². The van der Waals surface area contributed by atoms with Gasteiger partial charge in [0.1, 0.15) is 6.04 Å². The molecular formula is C6H12FNO2S. The number of thioether (sulfide) groups is 1. The maximum atomic E-state index is 11.5. The third kappa shape index (κ3) is 5.03. The first kappa shape index (κ1) is 10.7. The lowest BCUT2D eigenvalue weighted by Gasteiger charge is -2.06. The van der Waals surface area contributed by atoms with Crippen LogP contribution in [0.25, 0.3) is 0 Å². The molecule has 0 amide bonds. The zero-order valence-electron chi connectivity index (χ0n) is 6.38. The van der Waals surface area contributed by atoms with Gasteiger partial charge in [-0.3, -0.25) is 9.18 Å². The van der Waals surface area contributed by atoms with Gasteiger partial charge in [-0.1, -0.05) is 0 Å². The fraction of sp³-hybridized carbons (Fsp3) is 0.833. The Morgan fingerprint density at radius 3 is 2.91 bits per heavy atom. The first-order valence-corrected chi connectivity index (χ1v) is 4.35. The third-order valence-electron chi connectivity index (χ3n) is 1.02. The summed E-state index contributed by atoms with van der Waals surface area (Å²) < 4.78 is 15.9. The standard InChI is InChI=1S/C6H12FNO2S/c1-10-6(9)5(8)4-11-3-2-7/h5H,2-4,8H2,1H3. The summed E-state index contributed by atoms with van der Waals surface area (Å²) in [6.07, 6.45) is 0. The van der Waals surface area contributed by atoms with Crippen molar-refractivity contribution < 1.29 is 13.9 Å². The molecule has 2 N–H and O–H groups in total. The third-order valence-corrected chi connectivity index (χ3v) is 2.06. The topological polar surface area (TPSA) is 52.3 Å². The van der Waals surface area contributed by atoms with Gasteiger partial charge in [0, 0.05) is 11.5 Å². The van der Waals surface area contributed by atoms with Crippen LogP contribution in [0, 0.1) is 0 Å². The zero-order valence-corrected chi connectivity index (χ0v) is 7.20. The highest BCUT2D eigenvalue weighted by atomic mass is 32.2. The number of hydrogen-bond acceptors (Lipinski definition) is 4. The first-order chi connectivity index (χ1) is 5.22. The van der Waals surface area contributed by atoms with Gasteiger partial charge in [-0.2, -0.15) is 11.8 Å². The van der Waals surface area contributed by atoms with E-state index in [0.717, 1.165) is 0 Å². The highest BCUT2D eigenvalue weighted by Crippen LogP contribution is 2.01. The Morgan fingerprint density at radius 2 is 2.45 bits per heavy atom. The van der Waals surface area contributed by atoms with Crippen LogP contribution >= 0.6 is 11.8 Å². The van der Waals surface area contributed by atoms with Crippen molar-refractivity contribution in [2.75, 3.05) is 25.3 Å². The summed E-state index contributed by atoms with van der Waals surface area (Å²) in [6.45, 7) is -0.390. The van der Waals surface area contributed by atoms with E-state index in [0.29, 0.717) is 11.5 Å². The van der Waals surface area contributed by atoms with Gasteiger partial charge in [0.2, 0.25) is 0 Å². The molecule has 66 valence electrons. The normalized spacial score (nSPS) is 12.6. The Hall–Kier alpha value is -0.290. The van der Waals surface area contributed by atoms with Crippen molar-refractivity contribution in [3.8, 4) is 0 Å². The maximum absolute atomic E-state index is 11.5. The SMILES string of the molecule is COC(=O)C(N)CSCCF. The van der Waals surface area contributed by atoms with E-state index in [-0.39, 0.29) is 0 Å². The molecule has 0 heterocycles. The van der Waals surface area contributed by atoms with Gasteiger partial charge in [0.25, 0.3) is 0 Å². The lowest BCUT2D eigenvalue weighted by Crippen LogP contribution is -2.33. The minimum absolute atomic E-state index is 0.380. The smallest absolute Gasteiger partial charge is 0.323 e. The lowest BCUT2D eigenvalue weighted by atomic mass is 10.4. The number of halogens is 1. The second-order valence-electron chi connectivity index (χ2n) is 1.89. The van der Waals surface area contributed by atoms with Crippen molar-refractivity contribution in [1.82, 2.24) is 0 Å². The number of rotatable bonds is 5. The van der Waals surface area contributed by atoms with E-state index in [4.69, 9.17) is 5.73 Å². The van der Waals surface area contributed by atoms with E-state index in [1.54, 1.807) is 0 Å². The van der Waals surface area contributed by atoms with Gasteiger partial charge in [-0.05, 0) is 0 Å². The van der Waals surface area contributed by atoms with Crippen LogP contribution in [-0.4, -0.2) is 37.3 Å². The van der Waals surface area contributed by atoms with E-state index in [2.05, 4.69) is 4.74 Å². The summed E-state index contributed by atoms with van der Waals surface area (Å²) in [7, 11) is 1.28. The molecule has 0 aromatic carbocycles. The Labute approximate surface area is 69.5 Å². The predicted octanol–water partition coefficient (Wildman–Crippen LogP) is 0.189. The molecule has 1 atom stereocenters. The summed E-state index contributed by atoms with van der Waals surface area (Å²) in [5.41, 5.74) is 5.35. The summed E-state index contributed by atoms with van der Waals surface area (Å²) in [4.78, 5) is 10.7. The predicted molar refractivity (Wildman–Crippen MR) is 43.3 cm³/mol. The van der Waals surface area contributed by atoms with Gasteiger partial charge in [-0.25, -0.2) is 0 Å².